The van der Waals surface area contributed by atoms with Gasteiger partial charge in [-0.25, -0.2) is 9.78 Å². The second-order valence-corrected chi connectivity index (χ2v) is 8.51. The molecule has 2 heterocycles. The molecule has 3 aromatic rings. The van der Waals surface area contributed by atoms with Crippen LogP contribution in [-0.4, -0.2) is 50.6 Å². The predicted octanol–water partition coefficient (Wildman–Crippen LogP) is 1.87. The fraction of sp³-hybridized carbons (Fsp3) is 0.273. The summed E-state index contributed by atoms with van der Waals surface area (Å²) < 4.78 is 0. The highest BCUT2D eigenvalue weighted by atomic mass is 32.1. The molecule has 0 aliphatic carbocycles. The third-order valence-corrected chi connectivity index (χ3v) is 6.05. The number of nitrogens with one attached hydrogen (secondary N) is 2. The Kier molecular flexibility index (Phi) is 7.60. The lowest BCUT2D eigenvalue weighted by atomic mass is 10.1. The van der Waals surface area contributed by atoms with E-state index >= 15 is 0 Å². The van der Waals surface area contributed by atoms with Gasteiger partial charge in [0, 0.05) is 13.0 Å². The number of nitrogens with zero attached hydrogens (tertiary/aromatic N) is 3. The molecule has 0 saturated carbocycles. The first-order chi connectivity index (χ1) is 16.2. The Morgan fingerprint density at radius 3 is 2.71 bits per heavy atom. The number of carboxylic acid groups (broad SMARTS) is 2. The summed E-state index contributed by atoms with van der Waals surface area (Å²) in [5, 5.41) is 30.6. The van der Waals surface area contributed by atoms with Gasteiger partial charge in [0.25, 0.3) is 11.5 Å². The average Bonchev–Trinajstić information content (AvgIpc) is 3.26. The molecule has 0 aliphatic heterocycles. The van der Waals surface area contributed by atoms with Crippen molar-refractivity contribution in [2.24, 2.45) is 0 Å². The van der Waals surface area contributed by atoms with E-state index in [0.29, 0.717) is 21.7 Å². The minimum absolute atomic E-state index is 0.0124. The van der Waals surface area contributed by atoms with Gasteiger partial charge in [-0.1, -0.05) is 6.07 Å². The molecule has 4 N–H and O–H groups in total. The van der Waals surface area contributed by atoms with E-state index in [-0.39, 0.29) is 29.9 Å². The van der Waals surface area contributed by atoms with Crippen LogP contribution in [0.15, 0.2) is 35.1 Å². The Bertz CT molecular complexity index is 1340. The summed E-state index contributed by atoms with van der Waals surface area (Å²) in [6.45, 7) is 1.99. The standard InChI is InChI=1S/C22H21N5O6S/c1-12-24-15-3-2-13(10-14(15)20(30)25-12)11-27(9-8-23)18-6-5-17(34-18)21(31)26-16(22(32)33)4-7-19(28)29/h2-3,5-6,10,16H,4,7,9,11H2,1H3,(H,26,31)(H,28,29)(H,32,33)(H,24,25,30)/t16-/m1/s1. The number of rotatable bonds is 10. The fourth-order valence-electron chi connectivity index (χ4n) is 3.29. The molecular weight excluding hydrogens is 462 g/mol. The van der Waals surface area contributed by atoms with Crippen LogP contribution in [0, 0.1) is 18.3 Å². The molecule has 11 nitrogen and oxygen atoms in total. The molecule has 1 aromatic carbocycles. The van der Waals surface area contributed by atoms with E-state index in [4.69, 9.17) is 5.11 Å². The fourth-order valence-corrected chi connectivity index (χ4v) is 4.20. The molecule has 0 aliphatic rings. The molecule has 176 valence electrons. The summed E-state index contributed by atoms with van der Waals surface area (Å²) in [5.41, 5.74) is 1.06. The van der Waals surface area contributed by atoms with Gasteiger partial charge in [-0.2, -0.15) is 5.26 Å². The Morgan fingerprint density at radius 2 is 2.03 bits per heavy atom. The molecule has 2 aromatic heterocycles. The highest BCUT2D eigenvalue weighted by Gasteiger charge is 2.23. The van der Waals surface area contributed by atoms with Crippen LogP contribution in [0.1, 0.15) is 33.9 Å². The maximum Gasteiger partial charge on any atom is 0.326 e. The predicted molar refractivity (Wildman–Crippen MR) is 124 cm³/mol. The van der Waals surface area contributed by atoms with Gasteiger partial charge >= 0.3 is 11.9 Å². The highest BCUT2D eigenvalue weighted by Crippen LogP contribution is 2.28. The van der Waals surface area contributed by atoms with Crippen molar-refractivity contribution in [2.45, 2.75) is 32.4 Å². The van der Waals surface area contributed by atoms with Crippen molar-refractivity contribution in [1.29, 1.82) is 5.26 Å². The van der Waals surface area contributed by atoms with Gasteiger partial charge in [0.05, 0.1) is 26.9 Å². The van der Waals surface area contributed by atoms with Crippen LogP contribution in [0.2, 0.25) is 0 Å². The lowest BCUT2D eigenvalue weighted by Gasteiger charge is -2.20. The van der Waals surface area contributed by atoms with Crippen molar-refractivity contribution in [1.82, 2.24) is 15.3 Å². The lowest BCUT2D eigenvalue weighted by Crippen LogP contribution is -2.40. The summed E-state index contributed by atoms with van der Waals surface area (Å²) in [6.07, 6.45) is -0.642. The maximum atomic E-state index is 12.5. The van der Waals surface area contributed by atoms with Gasteiger partial charge in [-0.05, 0) is 43.2 Å². The molecule has 0 spiro atoms. The largest absolute Gasteiger partial charge is 0.481 e. The summed E-state index contributed by atoms with van der Waals surface area (Å²) in [7, 11) is 0. The van der Waals surface area contributed by atoms with E-state index in [2.05, 4.69) is 21.4 Å². The first kappa shape index (κ1) is 24.4. The van der Waals surface area contributed by atoms with Crippen LogP contribution in [0.5, 0.6) is 0 Å². The van der Waals surface area contributed by atoms with Crippen LogP contribution in [0.3, 0.4) is 0 Å². The van der Waals surface area contributed by atoms with Crippen molar-refractivity contribution >= 4 is 45.1 Å². The van der Waals surface area contributed by atoms with Crippen molar-refractivity contribution in [3.8, 4) is 6.07 Å². The number of aliphatic carboxylic acids is 2. The molecule has 0 radical (unpaired) electrons. The summed E-state index contributed by atoms with van der Waals surface area (Å²) in [6, 6.07) is 9.12. The smallest absolute Gasteiger partial charge is 0.326 e. The van der Waals surface area contributed by atoms with Gasteiger partial charge in [0.1, 0.15) is 18.4 Å². The van der Waals surface area contributed by atoms with Crippen molar-refractivity contribution < 1.29 is 24.6 Å². The molecule has 1 amide bonds. The van der Waals surface area contributed by atoms with Crippen molar-refractivity contribution in [3.05, 3.63) is 57.0 Å². The number of H-pyrrole nitrogens is 1. The summed E-state index contributed by atoms with van der Waals surface area (Å²) in [5.74, 6) is -2.63. The zero-order chi connectivity index (χ0) is 24.8. The van der Waals surface area contributed by atoms with Gasteiger partial charge in [0.15, 0.2) is 0 Å². The Balaban J connectivity index is 1.78. The topological polar surface area (TPSA) is 176 Å². The number of carbonyl (C=O) groups excluding carboxylic acids is 1. The molecule has 34 heavy (non-hydrogen) atoms. The zero-order valence-corrected chi connectivity index (χ0v) is 18.9. The Labute approximate surface area is 197 Å². The van der Waals surface area contributed by atoms with E-state index in [1.165, 1.54) is 6.07 Å². The number of nitriles is 1. The van der Waals surface area contributed by atoms with Gasteiger partial charge < -0.3 is 25.4 Å². The average molecular weight is 484 g/mol. The number of carboxylic acids is 2. The van der Waals surface area contributed by atoms with Gasteiger partial charge in [-0.3, -0.25) is 14.4 Å². The van der Waals surface area contributed by atoms with Crippen LogP contribution in [0.25, 0.3) is 10.9 Å². The summed E-state index contributed by atoms with van der Waals surface area (Å²) in [4.78, 5) is 55.7. The first-order valence-corrected chi connectivity index (χ1v) is 11.0. The van der Waals surface area contributed by atoms with Crippen LogP contribution in [-0.2, 0) is 16.1 Å². The van der Waals surface area contributed by atoms with Crippen molar-refractivity contribution in [2.75, 3.05) is 11.4 Å². The minimum Gasteiger partial charge on any atom is -0.481 e. The molecular formula is C22H21N5O6S. The molecule has 0 unspecified atom stereocenters. The highest BCUT2D eigenvalue weighted by molar-refractivity contribution is 7.18. The number of aryl methyl sites for hydroxylation is 1. The Morgan fingerprint density at radius 1 is 1.26 bits per heavy atom. The van der Waals surface area contributed by atoms with E-state index in [0.717, 1.165) is 16.9 Å². The number of amides is 1. The lowest BCUT2D eigenvalue weighted by molar-refractivity contribution is -0.140. The third kappa shape index (κ3) is 5.96. The molecule has 12 heteroatoms. The van der Waals surface area contributed by atoms with E-state index in [1.807, 2.05) is 0 Å². The SMILES string of the molecule is Cc1nc2ccc(CN(CC#N)c3ccc(C(=O)N[C@H](CCC(=O)O)C(=O)O)s3)cc2c(=O)[nH]1. The number of fused-ring (bicyclic) bond motifs is 1. The van der Waals surface area contributed by atoms with E-state index in [9.17, 15) is 29.5 Å². The van der Waals surface area contributed by atoms with E-state index < -0.39 is 30.3 Å². The number of benzene rings is 1. The van der Waals surface area contributed by atoms with E-state index in [1.54, 1.807) is 36.1 Å². The number of thiophene rings is 1. The quantitative estimate of drug-likeness (QED) is 0.313. The second kappa shape index (κ2) is 10.6. The minimum atomic E-state index is -1.34. The molecule has 0 saturated heterocycles. The second-order valence-electron chi connectivity index (χ2n) is 7.45. The first-order valence-electron chi connectivity index (χ1n) is 10.1. The van der Waals surface area contributed by atoms with Gasteiger partial charge in [0.2, 0.25) is 0 Å². The third-order valence-electron chi connectivity index (χ3n) is 4.90. The zero-order valence-electron chi connectivity index (χ0n) is 18.1. The molecule has 0 bridgehead atoms. The van der Waals surface area contributed by atoms with Crippen molar-refractivity contribution in [3.63, 3.8) is 0 Å². The molecule has 0 fully saturated rings. The van der Waals surface area contributed by atoms with Crippen LogP contribution < -0.4 is 15.8 Å². The number of aromatic amines is 1. The summed E-state index contributed by atoms with van der Waals surface area (Å²) >= 11 is 1.07. The number of carbonyl (C=O) groups is 3. The normalized spacial score (nSPS) is 11.5. The number of anilines is 1. The number of hydrogen-bond donors (Lipinski definition) is 4. The van der Waals surface area contributed by atoms with Gasteiger partial charge in [-0.15, -0.1) is 11.3 Å². The maximum absolute atomic E-state index is 12.5. The molecule has 3 rings (SSSR count). The Hall–Kier alpha value is -4.24. The number of aromatic nitrogens is 2. The monoisotopic (exact) mass is 483 g/mol. The van der Waals surface area contributed by atoms with Crippen LogP contribution >= 0.6 is 11.3 Å². The van der Waals surface area contributed by atoms with Crippen LogP contribution in [0.4, 0.5) is 5.00 Å². The molecule has 1 atom stereocenters. The number of hydrogen-bond acceptors (Lipinski definition) is 8.